The Hall–Kier alpha value is -2.53. The zero-order chi connectivity index (χ0) is 18.4. The van der Waals surface area contributed by atoms with Gasteiger partial charge in [-0.15, -0.1) is 0 Å². The summed E-state index contributed by atoms with van der Waals surface area (Å²) in [6, 6.07) is 6.07. The van der Waals surface area contributed by atoms with Gasteiger partial charge in [-0.05, 0) is 56.4 Å². The maximum atomic E-state index is 12.6. The van der Waals surface area contributed by atoms with Crippen LogP contribution in [0, 0.1) is 6.92 Å². The Kier molecular flexibility index (Phi) is 4.05. The number of nitrogens with zero attached hydrogens (tertiary/aromatic N) is 1. The van der Waals surface area contributed by atoms with E-state index < -0.39 is 0 Å². The minimum atomic E-state index is -0.169. The van der Waals surface area contributed by atoms with Crippen LogP contribution in [0.25, 0.3) is 11.0 Å². The van der Waals surface area contributed by atoms with Gasteiger partial charge in [0, 0.05) is 28.6 Å². The molecule has 3 heterocycles. The standard InChI is InChI=1S/C22H23NO4/c1-14-20-15(11-23(13-26-20)12-16-6-5-9-25-16)10-19-17-7-3-2-4-8-18(17)22(24)27-21(14)19/h5-6,9-10H,2-4,7-8,11-13H2,1H3. The van der Waals surface area contributed by atoms with Crippen molar-refractivity contribution in [2.45, 2.75) is 52.1 Å². The van der Waals surface area contributed by atoms with E-state index >= 15 is 0 Å². The molecule has 5 nitrogen and oxygen atoms in total. The molecule has 1 aliphatic carbocycles. The van der Waals surface area contributed by atoms with Gasteiger partial charge in [0.05, 0.1) is 12.8 Å². The van der Waals surface area contributed by atoms with Gasteiger partial charge >= 0.3 is 5.63 Å². The van der Waals surface area contributed by atoms with Crippen LogP contribution in [0.3, 0.4) is 0 Å². The fraction of sp³-hybridized carbons (Fsp3) is 0.409. The van der Waals surface area contributed by atoms with E-state index in [1.165, 1.54) is 12.0 Å². The molecule has 0 atom stereocenters. The van der Waals surface area contributed by atoms with E-state index in [1.54, 1.807) is 6.26 Å². The Bertz CT molecular complexity index is 1050. The van der Waals surface area contributed by atoms with E-state index in [4.69, 9.17) is 13.6 Å². The quantitative estimate of drug-likeness (QED) is 0.500. The molecule has 0 bridgehead atoms. The molecule has 0 amide bonds. The van der Waals surface area contributed by atoms with E-state index in [1.807, 2.05) is 19.1 Å². The molecular weight excluding hydrogens is 342 g/mol. The predicted molar refractivity (Wildman–Crippen MR) is 102 cm³/mol. The molecule has 0 N–H and O–H groups in total. The molecule has 0 unspecified atom stereocenters. The van der Waals surface area contributed by atoms with E-state index in [-0.39, 0.29) is 5.63 Å². The third kappa shape index (κ3) is 2.86. The number of ether oxygens (including phenoxy) is 1. The molecule has 5 heteroatoms. The van der Waals surface area contributed by atoms with Crippen LogP contribution in [-0.2, 0) is 25.9 Å². The Morgan fingerprint density at radius 2 is 2.00 bits per heavy atom. The summed E-state index contributed by atoms with van der Waals surface area (Å²) in [7, 11) is 0. The minimum absolute atomic E-state index is 0.169. The van der Waals surface area contributed by atoms with E-state index in [9.17, 15) is 4.79 Å². The lowest BCUT2D eigenvalue weighted by Crippen LogP contribution is -2.31. The first-order chi connectivity index (χ1) is 13.2. The van der Waals surface area contributed by atoms with Crippen molar-refractivity contribution < 1.29 is 13.6 Å². The molecule has 2 aliphatic rings. The molecule has 3 aromatic rings. The average Bonchev–Trinajstić information content (AvgIpc) is 3.04. The van der Waals surface area contributed by atoms with Gasteiger partial charge in [-0.2, -0.15) is 0 Å². The second-order valence-corrected chi connectivity index (χ2v) is 7.61. The van der Waals surface area contributed by atoms with Gasteiger partial charge in [0.15, 0.2) is 0 Å². The molecule has 1 aliphatic heterocycles. The third-order valence-corrected chi connectivity index (χ3v) is 5.77. The van der Waals surface area contributed by atoms with Crippen molar-refractivity contribution in [3.63, 3.8) is 0 Å². The van der Waals surface area contributed by atoms with Crippen molar-refractivity contribution in [1.29, 1.82) is 0 Å². The van der Waals surface area contributed by atoms with Crippen LogP contribution in [0.15, 0.2) is 38.1 Å². The van der Waals surface area contributed by atoms with Crippen molar-refractivity contribution in [1.82, 2.24) is 4.90 Å². The number of hydrogen-bond acceptors (Lipinski definition) is 5. The van der Waals surface area contributed by atoms with Crippen LogP contribution < -0.4 is 10.4 Å². The van der Waals surface area contributed by atoms with Gasteiger partial charge in [0.25, 0.3) is 0 Å². The fourth-order valence-electron chi connectivity index (χ4n) is 4.45. The highest BCUT2D eigenvalue weighted by Gasteiger charge is 2.25. The molecule has 1 aromatic carbocycles. The number of rotatable bonds is 2. The average molecular weight is 365 g/mol. The Balaban J connectivity index is 1.60. The van der Waals surface area contributed by atoms with Gasteiger partial charge in [-0.25, -0.2) is 4.79 Å². The van der Waals surface area contributed by atoms with Crippen LogP contribution in [0.5, 0.6) is 5.75 Å². The second kappa shape index (κ2) is 6.57. The largest absolute Gasteiger partial charge is 0.477 e. The maximum Gasteiger partial charge on any atom is 0.339 e. The minimum Gasteiger partial charge on any atom is -0.477 e. The second-order valence-electron chi connectivity index (χ2n) is 7.61. The number of benzene rings is 1. The van der Waals surface area contributed by atoms with Crippen LogP contribution in [0.4, 0.5) is 0 Å². The van der Waals surface area contributed by atoms with Crippen molar-refractivity contribution in [3.05, 3.63) is 62.9 Å². The summed E-state index contributed by atoms with van der Waals surface area (Å²) in [6.45, 7) is 4.00. The molecule has 140 valence electrons. The highest BCUT2D eigenvalue weighted by molar-refractivity contribution is 5.87. The van der Waals surface area contributed by atoms with E-state index in [0.717, 1.165) is 65.8 Å². The molecule has 0 radical (unpaired) electrons. The summed E-state index contributed by atoms with van der Waals surface area (Å²) >= 11 is 0. The summed E-state index contributed by atoms with van der Waals surface area (Å²) in [4.78, 5) is 14.8. The fourth-order valence-corrected chi connectivity index (χ4v) is 4.45. The number of furan rings is 1. The van der Waals surface area contributed by atoms with Crippen LogP contribution >= 0.6 is 0 Å². The third-order valence-electron chi connectivity index (χ3n) is 5.77. The number of hydrogen-bond donors (Lipinski definition) is 0. The molecular formula is C22H23NO4. The lowest BCUT2D eigenvalue weighted by Gasteiger charge is -2.30. The smallest absolute Gasteiger partial charge is 0.339 e. The highest BCUT2D eigenvalue weighted by Crippen LogP contribution is 2.37. The number of aryl methyl sites for hydroxylation is 2. The summed E-state index contributed by atoms with van der Waals surface area (Å²) < 4.78 is 17.3. The van der Waals surface area contributed by atoms with Crippen molar-refractivity contribution in [2.75, 3.05) is 6.73 Å². The monoisotopic (exact) mass is 365 g/mol. The zero-order valence-electron chi connectivity index (χ0n) is 15.5. The molecule has 0 spiro atoms. The van der Waals surface area contributed by atoms with Crippen molar-refractivity contribution in [2.24, 2.45) is 0 Å². The molecule has 5 rings (SSSR count). The summed E-state index contributed by atoms with van der Waals surface area (Å²) in [5, 5.41) is 1.09. The molecule has 27 heavy (non-hydrogen) atoms. The van der Waals surface area contributed by atoms with Crippen LogP contribution in [0.2, 0.25) is 0 Å². The molecule has 0 fully saturated rings. The SMILES string of the molecule is Cc1c2c(cc3c4c(c(=O)oc13)CCCCC4)CN(Cc1ccco1)CO2. The van der Waals surface area contributed by atoms with Crippen molar-refractivity contribution >= 4 is 11.0 Å². The first-order valence-corrected chi connectivity index (χ1v) is 9.69. The Morgan fingerprint density at radius 1 is 1.15 bits per heavy atom. The van der Waals surface area contributed by atoms with Gasteiger partial charge < -0.3 is 13.6 Å². The molecule has 0 saturated heterocycles. The Morgan fingerprint density at radius 3 is 2.81 bits per heavy atom. The van der Waals surface area contributed by atoms with Crippen molar-refractivity contribution in [3.8, 4) is 5.75 Å². The van der Waals surface area contributed by atoms with Crippen LogP contribution in [0.1, 0.15) is 47.3 Å². The van der Waals surface area contributed by atoms with E-state index in [0.29, 0.717) is 18.9 Å². The maximum absolute atomic E-state index is 12.6. The van der Waals surface area contributed by atoms with E-state index in [2.05, 4.69) is 11.0 Å². The first kappa shape index (κ1) is 16.6. The normalized spacial score (nSPS) is 17.2. The molecule has 0 saturated carbocycles. The Labute approximate surface area is 157 Å². The first-order valence-electron chi connectivity index (χ1n) is 9.69. The van der Waals surface area contributed by atoms with Gasteiger partial charge in [-0.1, -0.05) is 6.42 Å². The van der Waals surface area contributed by atoms with Gasteiger partial charge in [0.1, 0.15) is 23.8 Å². The van der Waals surface area contributed by atoms with Crippen LogP contribution in [-0.4, -0.2) is 11.6 Å². The van der Waals surface area contributed by atoms with Gasteiger partial charge in [0.2, 0.25) is 0 Å². The van der Waals surface area contributed by atoms with Gasteiger partial charge in [-0.3, -0.25) is 4.90 Å². The number of fused-ring (bicyclic) bond motifs is 4. The lowest BCUT2D eigenvalue weighted by atomic mass is 9.96. The highest BCUT2D eigenvalue weighted by atomic mass is 16.5. The summed E-state index contributed by atoms with van der Waals surface area (Å²) in [5.74, 6) is 1.79. The lowest BCUT2D eigenvalue weighted by molar-refractivity contribution is 0.0818. The topological polar surface area (TPSA) is 55.8 Å². The molecule has 2 aromatic heterocycles. The summed E-state index contributed by atoms with van der Waals surface area (Å²) in [5.41, 5.74) is 4.68. The zero-order valence-corrected chi connectivity index (χ0v) is 15.5. The predicted octanol–water partition coefficient (Wildman–Crippen LogP) is 4.32. The summed E-state index contributed by atoms with van der Waals surface area (Å²) in [6.07, 6.45) is 6.83.